The molecule has 2 aromatic rings. The van der Waals surface area contributed by atoms with Crippen LogP contribution >= 0.6 is 11.8 Å². The summed E-state index contributed by atoms with van der Waals surface area (Å²) in [5, 5.41) is 5.05. The smallest absolute Gasteiger partial charge is 0.169 e. The first kappa shape index (κ1) is 13.7. The number of thioether (sulfide) groups is 1. The SMILES string of the molecule is CCNc1cn2ccnc2c(SC2CCCC(C)C2)n1. The van der Waals surface area contributed by atoms with Gasteiger partial charge in [0.05, 0.1) is 6.20 Å². The van der Waals surface area contributed by atoms with Crippen LogP contribution in [-0.2, 0) is 0 Å². The van der Waals surface area contributed by atoms with E-state index in [1.165, 1.54) is 25.7 Å². The average molecular weight is 290 g/mol. The van der Waals surface area contributed by atoms with E-state index < -0.39 is 0 Å². The standard InChI is InChI=1S/C15H22N4S/c1-3-16-13-10-19-8-7-17-14(19)15(18-13)20-12-6-4-5-11(2)9-12/h7-8,10-12,16H,3-6,9H2,1-2H3. The summed E-state index contributed by atoms with van der Waals surface area (Å²) in [4.78, 5) is 9.21. The highest BCUT2D eigenvalue weighted by Gasteiger charge is 2.22. The molecule has 1 fully saturated rings. The van der Waals surface area contributed by atoms with Gasteiger partial charge in [-0.2, -0.15) is 0 Å². The highest BCUT2D eigenvalue weighted by atomic mass is 32.2. The summed E-state index contributed by atoms with van der Waals surface area (Å²) in [7, 11) is 0. The predicted octanol–water partition coefficient (Wildman–Crippen LogP) is 3.83. The lowest BCUT2D eigenvalue weighted by molar-refractivity contribution is 0.394. The lowest BCUT2D eigenvalue weighted by Gasteiger charge is -2.25. The van der Waals surface area contributed by atoms with Crippen molar-refractivity contribution < 1.29 is 0 Å². The van der Waals surface area contributed by atoms with E-state index in [-0.39, 0.29) is 0 Å². The van der Waals surface area contributed by atoms with E-state index in [1.54, 1.807) is 0 Å². The summed E-state index contributed by atoms with van der Waals surface area (Å²) in [6.45, 7) is 5.34. The van der Waals surface area contributed by atoms with Crippen LogP contribution in [-0.4, -0.2) is 26.2 Å². The van der Waals surface area contributed by atoms with Gasteiger partial charge >= 0.3 is 0 Å². The molecule has 0 aliphatic heterocycles. The van der Waals surface area contributed by atoms with Crippen LogP contribution in [0.1, 0.15) is 39.5 Å². The van der Waals surface area contributed by atoms with Gasteiger partial charge in [-0.05, 0) is 25.7 Å². The van der Waals surface area contributed by atoms with Gasteiger partial charge < -0.3 is 9.72 Å². The molecular formula is C15H22N4S. The van der Waals surface area contributed by atoms with Crippen LogP contribution < -0.4 is 5.32 Å². The molecule has 4 nitrogen and oxygen atoms in total. The van der Waals surface area contributed by atoms with Crippen molar-refractivity contribution in [3.05, 3.63) is 18.6 Å². The second-order valence-corrected chi connectivity index (χ2v) is 6.92. The molecule has 2 atom stereocenters. The Balaban J connectivity index is 1.86. The highest BCUT2D eigenvalue weighted by Crippen LogP contribution is 2.36. The number of anilines is 1. The van der Waals surface area contributed by atoms with E-state index in [4.69, 9.17) is 4.98 Å². The van der Waals surface area contributed by atoms with Gasteiger partial charge in [-0.25, -0.2) is 9.97 Å². The highest BCUT2D eigenvalue weighted by molar-refractivity contribution is 8.00. The van der Waals surface area contributed by atoms with Crippen molar-refractivity contribution in [1.82, 2.24) is 14.4 Å². The monoisotopic (exact) mass is 290 g/mol. The van der Waals surface area contributed by atoms with Crippen molar-refractivity contribution in [2.45, 2.75) is 49.8 Å². The van der Waals surface area contributed by atoms with E-state index >= 15 is 0 Å². The summed E-state index contributed by atoms with van der Waals surface area (Å²) in [5.74, 6) is 1.78. The van der Waals surface area contributed by atoms with Crippen molar-refractivity contribution in [1.29, 1.82) is 0 Å². The van der Waals surface area contributed by atoms with Gasteiger partial charge in [0.2, 0.25) is 0 Å². The molecule has 1 aliphatic carbocycles. The molecule has 0 aromatic carbocycles. The first-order valence-corrected chi connectivity index (χ1v) is 8.38. The molecule has 0 bridgehead atoms. The van der Waals surface area contributed by atoms with E-state index in [0.717, 1.165) is 29.0 Å². The van der Waals surface area contributed by atoms with Crippen molar-refractivity contribution in [2.75, 3.05) is 11.9 Å². The molecule has 1 saturated carbocycles. The van der Waals surface area contributed by atoms with Crippen LogP contribution in [0.4, 0.5) is 5.82 Å². The number of rotatable bonds is 4. The molecule has 2 unspecified atom stereocenters. The van der Waals surface area contributed by atoms with Gasteiger partial charge in [-0.15, -0.1) is 0 Å². The Bertz CT molecular complexity index is 580. The molecule has 2 aromatic heterocycles. The van der Waals surface area contributed by atoms with E-state index in [9.17, 15) is 0 Å². The normalized spacial score (nSPS) is 23.1. The zero-order valence-corrected chi connectivity index (χ0v) is 13.0. The molecule has 20 heavy (non-hydrogen) atoms. The predicted molar refractivity (Wildman–Crippen MR) is 84.4 cm³/mol. The Morgan fingerprint density at radius 1 is 1.45 bits per heavy atom. The third-order valence-electron chi connectivity index (χ3n) is 3.87. The van der Waals surface area contributed by atoms with Gasteiger partial charge in [0, 0.05) is 24.2 Å². The van der Waals surface area contributed by atoms with E-state index in [0.29, 0.717) is 5.25 Å². The zero-order valence-electron chi connectivity index (χ0n) is 12.2. The summed E-state index contributed by atoms with van der Waals surface area (Å²) >= 11 is 1.91. The summed E-state index contributed by atoms with van der Waals surface area (Å²) in [5.41, 5.74) is 0.981. The van der Waals surface area contributed by atoms with Gasteiger partial charge in [0.15, 0.2) is 5.65 Å². The minimum atomic E-state index is 0.684. The molecule has 0 spiro atoms. The van der Waals surface area contributed by atoms with Crippen molar-refractivity contribution in [2.24, 2.45) is 5.92 Å². The third-order valence-corrected chi connectivity index (χ3v) is 5.13. The maximum Gasteiger partial charge on any atom is 0.169 e. The Morgan fingerprint density at radius 2 is 2.35 bits per heavy atom. The second kappa shape index (κ2) is 6.04. The fourth-order valence-electron chi connectivity index (χ4n) is 2.89. The Kier molecular flexibility index (Phi) is 4.15. The largest absolute Gasteiger partial charge is 0.369 e. The van der Waals surface area contributed by atoms with Crippen molar-refractivity contribution >= 4 is 23.2 Å². The molecule has 2 heterocycles. The van der Waals surface area contributed by atoms with E-state index in [2.05, 4.69) is 28.5 Å². The summed E-state index contributed by atoms with van der Waals surface area (Å²) < 4.78 is 2.07. The number of nitrogens with zero attached hydrogens (tertiary/aromatic N) is 3. The first-order valence-electron chi connectivity index (χ1n) is 7.50. The molecule has 1 N–H and O–H groups in total. The molecule has 1 aliphatic rings. The molecule has 0 radical (unpaired) electrons. The average Bonchev–Trinajstić information content (AvgIpc) is 2.87. The molecule has 0 saturated heterocycles. The zero-order chi connectivity index (χ0) is 13.9. The fourth-order valence-corrected chi connectivity index (χ4v) is 4.33. The van der Waals surface area contributed by atoms with Crippen LogP contribution in [0.3, 0.4) is 0 Å². The number of hydrogen-bond acceptors (Lipinski definition) is 4. The minimum Gasteiger partial charge on any atom is -0.369 e. The van der Waals surface area contributed by atoms with Gasteiger partial charge in [-0.3, -0.25) is 0 Å². The van der Waals surface area contributed by atoms with Crippen molar-refractivity contribution in [3.63, 3.8) is 0 Å². The lowest BCUT2D eigenvalue weighted by atomic mass is 9.91. The minimum absolute atomic E-state index is 0.684. The maximum atomic E-state index is 4.75. The lowest BCUT2D eigenvalue weighted by Crippen LogP contribution is -2.15. The fraction of sp³-hybridized carbons (Fsp3) is 0.600. The molecule has 5 heteroatoms. The summed E-state index contributed by atoms with van der Waals surface area (Å²) in [6, 6.07) is 0. The first-order chi connectivity index (χ1) is 9.76. The molecule has 0 amide bonds. The van der Waals surface area contributed by atoms with Crippen LogP contribution in [0, 0.1) is 5.92 Å². The number of aromatic nitrogens is 3. The molecular weight excluding hydrogens is 268 g/mol. The van der Waals surface area contributed by atoms with Gasteiger partial charge in [-0.1, -0.05) is 31.5 Å². The van der Waals surface area contributed by atoms with Crippen LogP contribution in [0.15, 0.2) is 23.6 Å². The quantitative estimate of drug-likeness (QED) is 0.929. The summed E-state index contributed by atoms with van der Waals surface area (Å²) in [6.07, 6.45) is 11.2. The number of nitrogens with one attached hydrogen (secondary N) is 1. The van der Waals surface area contributed by atoms with Crippen LogP contribution in [0.25, 0.3) is 5.65 Å². The number of imidazole rings is 1. The molecule has 3 rings (SSSR count). The topological polar surface area (TPSA) is 42.2 Å². The molecule has 108 valence electrons. The van der Waals surface area contributed by atoms with Crippen molar-refractivity contribution in [3.8, 4) is 0 Å². The van der Waals surface area contributed by atoms with Gasteiger partial charge in [0.25, 0.3) is 0 Å². The van der Waals surface area contributed by atoms with E-state index in [1.807, 2.05) is 30.4 Å². The second-order valence-electron chi connectivity index (χ2n) is 5.63. The van der Waals surface area contributed by atoms with Gasteiger partial charge in [0.1, 0.15) is 10.8 Å². The maximum absolute atomic E-state index is 4.75. The Morgan fingerprint density at radius 3 is 3.15 bits per heavy atom. The third kappa shape index (κ3) is 2.92. The van der Waals surface area contributed by atoms with Crippen LogP contribution in [0.2, 0.25) is 0 Å². The Hall–Kier alpha value is -1.23. The number of hydrogen-bond donors (Lipinski definition) is 1. The van der Waals surface area contributed by atoms with Crippen LogP contribution in [0.5, 0.6) is 0 Å². The number of fused-ring (bicyclic) bond motifs is 1. The Labute approximate surface area is 124 Å².